The Labute approximate surface area is 117 Å². The summed E-state index contributed by atoms with van der Waals surface area (Å²) in [5, 5.41) is 9.64. The Morgan fingerprint density at radius 1 is 1.47 bits per heavy atom. The van der Waals surface area contributed by atoms with Gasteiger partial charge >= 0.3 is 0 Å². The summed E-state index contributed by atoms with van der Waals surface area (Å²) in [5.74, 6) is -0.994. The highest BCUT2D eigenvalue weighted by Crippen LogP contribution is 2.22. The van der Waals surface area contributed by atoms with Crippen LogP contribution in [0, 0.1) is 5.82 Å². The molecule has 0 fully saturated rings. The zero-order valence-electron chi connectivity index (χ0n) is 10.8. The van der Waals surface area contributed by atoms with Gasteiger partial charge < -0.3 is 5.11 Å². The highest BCUT2D eigenvalue weighted by molar-refractivity contribution is 7.89. The fraction of sp³-hybridized carbons (Fsp3) is 0.500. The number of aliphatic hydroxyl groups is 1. The third-order valence-electron chi connectivity index (χ3n) is 2.64. The largest absolute Gasteiger partial charge is 0.389 e. The Bertz CT molecular complexity index is 546. The molecule has 0 saturated carbocycles. The van der Waals surface area contributed by atoms with Gasteiger partial charge in [0.25, 0.3) is 0 Å². The fourth-order valence-electron chi connectivity index (χ4n) is 1.65. The first-order valence-corrected chi connectivity index (χ1v) is 7.72. The molecule has 0 heterocycles. The number of rotatable bonds is 6. The van der Waals surface area contributed by atoms with E-state index in [4.69, 9.17) is 11.6 Å². The Balaban J connectivity index is 2.91. The molecule has 0 radical (unpaired) electrons. The molecule has 108 valence electrons. The number of hydrogen-bond donors (Lipinski definition) is 2. The van der Waals surface area contributed by atoms with Crippen LogP contribution in [0.15, 0.2) is 23.1 Å². The lowest BCUT2D eigenvalue weighted by Crippen LogP contribution is -2.40. The standard InChI is InChI=1S/C12H17ClFNO3S/c1-3-7-12(2,16)8-15-19(17,18)10-6-4-5-9(13)11(10)14/h4-6,15-16H,3,7-8H2,1-2H3. The second-order valence-corrected chi connectivity index (χ2v) is 6.77. The lowest BCUT2D eigenvalue weighted by atomic mass is 10.0. The highest BCUT2D eigenvalue weighted by Gasteiger charge is 2.25. The van der Waals surface area contributed by atoms with Gasteiger partial charge in [-0.05, 0) is 25.5 Å². The molecule has 1 rings (SSSR count). The molecule has 1 unspecified atom stereocenters. The summed E-state index contributed by atoms with van der Waals surface area (Å²) in [6.07, 6.45) is 1.15. The smallest absolute Gasteiger partial charge is 0.243 e. The molecule has 0 aliphatic rings. The van der Waals surface area contributed by atoms with Crippen LogP contribution in [-0.4, -0.2) is 25.7 Å². The minimum atomic E-state index is -4.03. The molecule has 0 amide bonds. The van der Waals surface area contributed by atoms with Crippen LogP contribution in [0.4, 0.5) is 4.39 Å². The molecule has 1 aromatic carbocycles. The van der Waals surface area contributed by atoms with E-state index in [0.29, 0.717) is 12.8 Å². The van der Waals surface area contributed by atoms with Gasteiger partial charge in [0.2, 0.25) is 10.0 Å². The number of hydrogen-bond acceptors (Lipinski definition) is 3. The van der Waals surface area contributed by atoms with Gasteiger partial charge in [0, 0.05) is 6.54 Å². The monoisotopic (exact) mass is 309 g/mol. The van der Waals surface area contributed by atoms with E-state index in [0.717, 1.165) is 6.07 Å². The van der Waals surface area contributed by atoms with Crippen molar-refractivity contribution in [3.05, 3.63) is 29.0 Å². The number of benzene rings is 1. The third kappa shape index (κ3) is 4.42. The van der Waals surface area contributed by atoms with Crippen molar-refractivity contribution in [2.45, 2.75) is 37.2 Å². The minimum Gasteiger partial charge on any atom is -0.389 e. The average molecular weight is 310 g/mol. The van der Waals surface area contributed by atoms with Crippen molar-refractivity contribution in [1.29, 1.82) is 0 Å². The first kappa shape index (κ1) is 16.4. The van der Waals surface area contributed by atoms with Gasteiger partial charge in [-0.3, -0.25) is 0 Å². The van der Waals surface area contributed by atoms with Crippen molar-refractivity contribution < 1.29 is 17.9 Å². The molecule has 1 atom stereocenters. The summed E-state index contributed by atoms with van der Waals surface area (Å²) in [4.78, 5) is -0.521. The van der Waals surface area contributed by atoms with Gasteiger partial charge in [0.1, 0.15) is 4.90 Å². The molecule has 0 bridgehead atoms. The average Bonchev–Trinajstić information content (AvgIpc) is 2.30. The van der Waals surface area contributed by atoms with E-state index in [2.05, 4.69) is 4.72 Å². The summed E-state index contributed by atoms with van der Waals surface area (Å²) in [6.45, 7) is 3.21. The molecular formula is C12H17ClFNO3S. The lowest BCUT2D eigenvalue weighted by Gasteiger charge is -2.22. The molecule has 0 spiro atoms. The maximum Gasteiger partial charge on any atom is 0.243 e. The topological polar surface area (TPSA) is 66.4 Å². The quantitative estimate of drug-likeness (QED) is 0.847. The fourth-order valence-corrected chi connectivity index (χ4v) is 3.14. The summed E-state index contributed by atoms with van der Waals surface area (Å²) in [6, 6.07) is 3.74. The molecule has 2 N–H and O–H groups in total. The second kappa shape index (κ2) is 6.17. The van der Waals surface area contributed by atoms with E-state index in [-0.39, 0.29) is 11.6 Å². The normalized spacial score (nSPS) is 15.2. The summed E-state index contributed by atoms with van der Waals surface area (Å²) >= 11 is 5.54. The van der Waals surface area contributed by atoms with Crippen LogP contribution in [0.3, 0.4) is 0 Å². The predicted octanol–water partition coefficient (Wildman–Crippen LogP) is 2.31. The van der Waals surface area contributed by atoms with Crippen LogP contribution in [0.1, 0.15) is 26.7 Å². The molecule has 19 heavy (non-hydrogen) atoms. The van der Waals surface area contributed by atoms with Crippen LogP contribution in [0.2, 0.25) is 5.02 Å². The maximum absolute atomic E-state index is 13.7. The molecule has 4 nitrogen and oxygen atoms in total. The van der Waals surface area contributed by atoms with Gasteiger partial charge in [-0.25, -0.2) is 17.5 Å². The SMILES string of the molecule is CCCC(C)(O)CNS(=O)(=O)c1cccc(Cl)c1F. The summed E-state index contributed by atoms with van der Waals surface area (Å²) < 4.78 is 39.7. The lowest BCUT2D eigenvalue weighted by molar-refractivity contribution is 0.0554. The van der Waals surface area contributed by atoms with Crippen molar-refractivity contribution in [3.8, 4) is 0 Å². The molecule has 7 heteroatoms. The number of sulfonamides is 1. The van der Waals surface area contributed by atoms with Crippen molar-refractivity contribution in [1.82, 2.24) is 4.72 Å². The predicted molar refractivity (Wildman–Crippen MR) is 72.1 cm³/mol. The van der Waals surface area contributed by atoms with E-state index in [9.17, 15) is 17.9 Å². The maximum atomic E-state index is 13.7. The Morgan fingerprint density at radius 3 is 2.68 bits per heavy atom. The van der Waals surface area contributed by atoms with E-state index >= 15 is 0 Å². The van der Waals surface area contributed by atoms with Gasteiger partial charge in [-0.1, -0.05) is 31.0 Å². The molecule has 0 saturated heterocycles. The zero-order valence-corrected chi connectivity index (χ0v) is 12.4. The molecule has 1 aromatic rings. The number of halogens is 2. The van der Waals surface area contributed by atoms with E-state index in [1.165, 1.54) is 19.1 Å². The Kier molecular flexibility index (Phi) is 5.32. The summed E-state index contributed by atoms with van der Waals surface area (Å²) in [7, 11) is -4.03. The highest BCUT2D eigenvalue weighted by atomic mass is 35.5. The van der Waals surface area contributed by atoms with Gasteiger partial charge in [-0.2, -0.15) is 0 Å². The van der Waals surface area contributed by atoms with Gasteiger partial charge in [0.05, 0.1) is 10.6 Å². The first-order chi connectivity index (χ1) is 8.69. The second-order valence-electron chi connectivity index (χ2n) is 4.62. The van der Waals surface area contributed by atoms with Crippen LogP contribution in [0.5, 0.6) is 0 Å². The molecule has 0 aliphatic heterocycles. The zero-order chi connectivity index (χ0) is 14.7. The first-order valence-electron chi connectivity index (χ1n) is 5.85. The molecule has 0 aromatic heterocycles. The van der Waals surface area contributed by atoms with Gasteiger partial charge in [0.15, 0.2) is 5.82 Å². The van der Waals surface area contributed by atoms with Crippen molar-refractivity contribution >= 4 is 21.6 Å². The third-order valence-corrected chi connectivity index (χ3v) is 4.35. The Hall–Kier alpha value is -0.690. The van der Waals surface area contributed by atoms with Crippen LogP contribution < -0.4 is 4.72 Å². The van der Waals surface area contributed by atoms with E-state index < -0.39 is 26.3 Å². The van der Waals surface area contributed by atoms with Crippen LogP contribution in [0.25, 0.3) is 0 Å². The summed E-state index contributed by atoms with van der Waals surface area (Å²) in [5.41, 5.74) is -1.17. The van der Waals surface area contributed by atoms with Crippen LogP contribution >= 0.6 is 11.6 Å². The van der Waals surface area contributed by atoms with E-state index in [1.54, 1.807) is 0 Å². The Morgan fingerprint density at radius 2 is 2.11 bits per heavy atom. The van der Waals surface area contributed by atoms with E-state index in [1.807, 2.05) is 6.92 Å². The van der Waals surface area contributed by atoms with Crippen molar-refractivity contribution in [2.75, 3.05) is 6.54 Å². The van der Waals surface area contributed by atoms with Crippen LogP contribution in [-0.2, 0) is 10.0 Å². The van der Waals surface area contributed by atoms with Gasteiger partial charge in [-0.15, -0.1) is 0 Å². The minimum absolute atomic E-state index is 0.185. The molecular weight excluding hydrogens is 293 g/mol. The molecule has 0 aliphatic carbocycles. The van der Waals surface area contributed by atoms with Crippen molar-refractivity contribution in [3.63, 3.8) is 0 Å². The van der Waals surface area contributed by atoms with Crippen molar-refractivity contribution in [2.24, 2.45) is 0 Å². The number of nitrogens with one attached hydrogen (secondary N) is 1.